The monoisotopic (exact) mass is 294 g/mol. The van der Waals surface area contributed by atoms with Gasteiger partial charge in [-0.25, -0.2) is 0 Å². The summed E-state index contributed by atoms with van der Waals surface area (Å²) in [7, 11) is 0. The van der Waals surface area contributed by atoms with Crippen LogP contribution in [0.25, 0.3) is 0 Å². The van der Waals surface area contributed by atoms with Crippen LogP contribution in [0.15, 0.2) is 16.8 Å². The standard InChI is InChI=1S/C15H22N2O2S/c1-5-11-14(19)17(8-10-6-7-20-9-10)12(13(18)16-11)15(2,3)4/h6-7,9,11-12H,5,8H2,1-4H3,(H,16,18). The Balaban J connectivity index is 2.32. The number of hydrogen-bond acceptors (Lipinski definition) is 3. The zero-order valence-electron chi connectivity index (χ0n) is 12.5. The highest BCUT2D eigenvalue weighted by Gasteiger charge is 2.45. The van der Waals surface area contributed by atoms with Crippen molar-refractivity contribution in [3.8, 4) is 0 Å². The van der Waals surface area contributed by atoms with Crippen molar-refractivity contribution >= 4 is 23.2 Å². The lowest BCUT2D eigenvalue weighted by atomic mass is 9.82. The van der Waals surface area contributed by atoms with E-state index in [0.29, 0.717) is 13.0 Å². The first-order valence-electron chi connectivity index (χ1n) is 6.96. The van der Waals surface area contributed by atoms with Crippen LogP contribution in [-0.4, -0.2) is 28.8 Å². The first-order chi connectivity index (χ1) is 9.34. The van der Waals surface area contributed by atoms with Crippen molar-refractivity contribution in [1.29, 1.82) is 0 Å². The maximum atomic E-state index is 12.6. The van der Waals surface area contributed by atoms with E-state index >= 15 is 0 Å². The molecule has 1 aliphatic heterocycles. The number of hydrogen-bond donors (Lipinski definition) is 1. The summed E-state index contributed by atoms with van der Waals surface area (Å²) in [5.74, 6) is -0.0163. The van der Waals surface area contributed by atoms with Gasteiger partial charge in [-0.3, -0.25) is 9.59 Å². The van der Waals surface area contributed by atoms with Gasteiger partial charge in [0.1, 0.15) is 12.1 Å². The van der Waals surface area contributed by atoms with Crippen molar-refractivity contribution in [1.82, 2.24) is 10.2 Å². The van der Waals surface area contributed by atoms with Crippen LogP contribution in [0.3, 0.4) is 0 Å². The molecule has 4 nitrogen and oxygen atoms in total. The Morgan fingerprint density at radius 2 is 2.05 bits per heavy atom. The van der Waals surface area contributed by atoms with Crippen LogP contribution in [0, 0.1) is 5.41 Å². The maximum absolute atomic E-state index is 12.6. The number of thiophene rings is 1. The lowest BCUT2D eigenvalue weighted by molar-refractivity contribution is -0.154. The number of nitrogens with zero attached hydrogens (tertiary/aromatic N) is 1. The Kier molecular flexibility index (Phi) is 4.18. The second-order valence-electron chi connectivity index (χ2n) is 6.34. The molecule has 2 unspecified atom stereocenters. The minimum atomic E-state index is -0.419. The summed E-state index contributed by atoms with van der Waals surface area (Å²) in [6.45, 7) is 8.42. The van der Waals surface area contributed by atoms with Gasteiger partial charge in [0.25, 0.3) is 0 Å². The van der Waals surface area contributed by atoms with Crippen molar-refractivity contribution in [2.24, 2.45) is 5.41 Å². The van der Waals surface area contributed by atoms with Crippen molar-refractivity contribution < 1.29 is 9.59 Å². The Hall–Kier alpha value is -1.36. The molecule has 2 atom stereocenters. The molecule has 20 heavy (non-hydrogen) atoms. The second-order valence-corrected chi connectivity index (χ2v) is 7.12. The van der Waals surface area contributed by atoms with Gasteiger partial charge in [0.2, 0.25) is 11.8 Å². The fraction of sp³-hybridized carbons (Fsp3) is 0.600. The van der Waals surface area contributed by atoms with Gasteiger partial charge in [0.15, 0.2) is 0 Å². The smallest absolute Gasteiger partial charge is 0.246 e. The van der Waals surface area contributed by atoms with E-state index in [4.69, 9.17) is 0 Å². The van der Waals surface area contributed by atoms with Gasteiger partial charge in [-0.05, 0) is 34.2 Å². The SMILES string of the molecule is CCC1NC(=O)C(C(C)(C)C)N(Cc2ccsc2)C1=O. The Labute approximate surface area is 124 Å². The molecule has 5 heteroatoms. The summed E-state index contributed by atoms with van der Waals surface area (Å²) in [4.78, 5) is 26.7. The molecule has 1 aromatic rings. The van der Waals surface area contributed by atoms with E-state index in [0.717, 1.165) is 5.56 Å². The van der Waals surface area contributed by atoms with Crippen LogP contribution < -0.4 is 5.32 Å². The number of piperazine rings is 1. The highest BCUT2D eigenvalue weighted by Crippen LogP contribution is 2.29. The molecule has 0 saturated carbocycles. The fourth-order valence-electron chi connectivity index (χ4n) is 2.67. The van der Waals surface area contributed by atoms with Gasteiger partial charge in [0, 0.05) is 6.54 Å². The average molecular weight is 294 g/mol. The van der Waals surface area contributed by atoms with Crippen LogP contribution in [-0.2, 0) is 16.1 Å². The van der Waals surface area contributed by atoms with E-state index < -0.39 is 6.04 Å². The fourth-order valence-corrected chi connectivity index (χ4v) is 3.33. The Bertz CT molecular complexity index is 490. The molecule has 2 heterocycles. The summed E-state index contributed by atoms with van der Waals surface area (Å²) in [6, 6.07) is 1.20. The molecule has 0 aromatic carbocycles. The molecule has 0 bridgehead atoms. The number of rotatable bonds is 3. The quantitative estimate of drug-likeness (QED) is 0.930. The Morgan fingerprint density at radius 1 is 1.35 bits per heavy atom. The van der Waals surface area contributed by atoms with Gasteiger partial charge < -0.3 is 10.2 Å². The molecule has 0 aliphatic carbocycles. The van der Waals surface area contributed by atoms with Crippen LogP contribution in [0.5, 0.6) is 0 Å². The number of amides is 2. The largest absolute Gasteiger partial charge is 0.342 e. The van der Waals surface area contributed by atoms with Crippen LogP contribution >= 0.6 is 11.3 Å². The summed E-state index contributed by atoms with van der Waals surface area (Å²) in [5, 5.41) is 6.88. The first kappa shape index (κ1) is 15.0. The van der Waals surface area contributed by atoms with Gasteiger partial charge in [-0.1, -0.05) is 27.7 Å². The molecule has 1 aliphatic rings. The predicted octanol–water partition coefficient (Wildman–Crippen LogP) is 2.40. The first-order valence-corrected chi connectivity index (χ1v) is 7.90. The Morgan fingerprint density at radius 3 is 2.55 bits per heavy atom. The number of carbonyl (C=O) groups is 2. The summed E-state index contributed by atoms with van der Waals surface area (Å²) >= 11 is 1.61. The van der Waals surface area contributed by atoms with Gasteiger partial charge >= 0.3 is 0 Å². The molecular formula is C15H22N2O2S. The van der Waals surface area contributed by atoms with E-state index in [-0.39, 0.29) is 23.3 Å². The van der Waals surface area contributed by atoms with Crippen molar-refractivity contribution in [3.05, 3.63) is 22.4 Å². The van der Waals surface area contributed by atoms with E-state index in [1.807, 2.05) is 44.5 Å². The van der Waals surface area contributed by atoms with E-state index in [9.17, 15) is 9.59 Å². The maximum Gasteiger partial charge on any atom is 0.246 e. The van der Waals surface area contributed by atoms with E-state index in [1.165, 1.54) is 0 Å². The predicted molar refractivity (Wildman–Crippen MR) is 80.3 cm³/mol. The zero-order chi connectivity index (χ0) is 14.9. The minimum absolute atomic E-state index is 0.0261. The summed E-state index contributed by atoms with van der Waals surface area (Å²) < 4.78 is 0. The third kappa shape index (κ3) is 2.87. The minimum Gasteiger partial charge on any atom is -0.342 e. The molecular weight excluding hydrogens is 272 g/mol. The van der Waals surface area contributed by atoms with Gasteiger partial charge in [0.05, 0.1) is 0 Å². The van der Waals surface area contributed by atoms with E-state index in [1.54, 1.807) is 16.2 Å². The molecule has 0 spiro atoms. The molecule has 110 valence electrons. The van der Waals surface area contributed by atoms with Crippen LogP contribution in [0.2, 0.25) is 0 Å². The number of carbonyl (C=O) groups excluding carboxylic acids is 2. The van der Waals surface area contributed by atoms with Gasteiger partial charge in [-0.2, -0.15) is 11.3 Å². The molecule has 2 amide bonds. The number of nitrogens with one attached hydrogen (secondary N) is 1. The highest BCUT2D eigenvalue weighted by molar-refractivity contribution is 7.07. The normalized spacial score (nSPS) is 23.9. The topological polar surface area (TPSA) is 49.4 Å². The molecule has 1 N–H and O–H groups in total. The molecule has 1 fully saturated rings. The molecule has 1 aromatic heterocycles. The summed E-state index contributed by atoms with van der Waals surface area (Å²) in [5.41, 5.74) is 0.802. The highest BCUT2D eigenvalue weighted by atomic mass is 32.1. The van der Waals surface area contributed by atoms with Crippen LogP contribution in [0.4, 0.5) is 0 Å². The third-order valence-electron chi connectivity index (χ3n) is 3.62. The lowest BCUT2D eigenvalue weighted by Gasteiger charge is -2.44. The van der Waals surface area contributed by atoms with Crippen molar-refractivity contribution in [3.63, 3.8) is 0 Å². The van der Waals surface area contributed by atoms with Gasteiger partial charge in [-0.15, -0.1) is 0 Å². The second kappa shape index (κ2) is 5.56. The molecule has 0 radical (unpaired) electrons. The zero-order valence-corrected chi connectivity index (χ0v) is 13.3. The van der Waals surface area contributed by atoms with Crippen molar-refractivity contribution in [2.75, 3.05) is 0 Å². The molecule has 2 rings (SSSR count). The van der Waals surface area contributed by atoms with Crippen molar-refractivity contribution in [2.45, 2.75) is 52.7 Å². The van der Waals surface area contributed by atoms with E-state index in [2.05, 4.69) is 5.32 Å². The lowest BCUT2D eigenvalue weighted by Crippen LogP contribution is -2.66. The van der Waals surface area contributed by atoms with Crippen LogP contribution in [0.1, 0.15) is 39.7 Å². The summed E-state index contributed by atoms with van der Waals surface area (Å²) in [6.07, 6.45) is 0.627. The average Bonchev–Trinajstić information content (AvgIpc) is 2.84. The molecule has 1 saturated heterocycles. The third-order valence-corrected chi connectivity index (χ3v) is 4.35.